The van der Waals surface area contributed by atoms with Crippen molar-refractivity contribution in [2.75, 3.05) is 34.4 Å². The molecule has 0 spiro atoms. The zero-order chi connectivity index (χ0) is 18.4. The summed E-state index contributed by atoms with van der Waals surface area (Å²) >= 11 is 0. The van der Waals surface area contributed by atoms with Crippen LogP contribution in [0.5, 0.6) is 17.2 Å². The van der Waals surface area contributed by atoms with Gasteiger partial charge in [0.05, 0.1) is 20.8 Å². The lowest BCUT2D eigenvalue weighted by atomic mass is 10.1. The van der Waals surface area contributed by atoms with E-state index in [1.165, 1.54) is 0 Å². The fourth-order valence-corrected chi connectivity index (χ4v) is 2.54. The second kappa shape index (κ2) is 8.42. The Balaban J connectivity index is 2.02. The topological polar surface area (TPSA) is 48.0 Å². The van der Waals surface area contributed by atoms with Crippen LogP contribution in [-0.4, -0.2) is 45.2 Å². The quantitative estimate of drug-likeness (QED) is 0.772. The van der Waals surface area contributed by atoms with Crippen LogP contribution < -0.4 is 14.2 Å². The van der Waals surface area contributed by atoms with Crippen LogP contribution >= 0.6 is 0 Å². The summed E-state index contributed by atoms with van der Waals surface area (Å²) < 4.78 is 16.4. The molecule has 0 atom stereocenters. The van der Waals surface area contributed by atoms with Crippen LogP contribution in [0.15, 0.2) is 36.4 Å². The first kappa shape index (κ1) is 18.6. The Morgan fingerprint density at radius 2 is 1.68 bits per heavy atom. The van der Waals surface area contributed by atoms with Crippen LogP contribution in [-0.2, 0) is 0 Å². The molecule has 5 heteroatoms. The van der Waals surface area contributed by atoms with Crippen LogP contribution in [0, 0.1) is 13.8 Å². The summed E-state index contributed by atoms with van der Waals surface area (Å²) in [6, 6.07) is 11.3. The molecule has 0 N–H and O–H groups in total. The number of benzene rings is 2. The van der Waals surface area contributed by atoms with E-state index in [0.717, 1.165) is 16.9 Å². The number of carbonyl (C=O) groups is 1. The minimum Gasteiger partial charge on any atom is -0.496 e. The summed E-state index contributed by atoms with van der Waals surface area (Å²) in [6.07, 6.45) is 0. The van der Waals surface area contributed by atoms with Gasteiger partial charge in [0.1, 0.15) is 23.9 Å². The third-order valence-electron chi connectivity index (χ3n) is 4.03. The molecular formula is C20H25NO4. The first-order chi connectivity index (χ1) is 12.0. The minimum absolute atomic E-state index is 0.107. The SMILES string of the molecule is COc1cc(C(=O)N(C)CCOc2cccc(C)c2)cc(OC)c1C. The van der Waals surface area contributed by atoms with Crippen molar-refractivity contribution in [2.24, 2.45) is 0 Å². The molecule has 0 bridgehead atoms. The maximum absolute atomic E-state index is 12.6. The zero-order valence-corrected chi connectivity index (χ0v) is 15.5. The number of aryl methyl sites for hydroxylation is 1. The van der Waals surface area contributed by atoms with Crippen LogP contribution in [0.25, 0.3) is 0 Å². The monoisotopic (exact) mass is 343 g/mol. The molecule has 0 aliphatic rings. The van der Waals surface area contributed by atoms with E-state index in [1.54, 1.807) is 38.3 Å². The lowest BCUT2D eigenvalue weighted by molar-refractivity contribution is 0.0773. The molecule has 0 radical (unpaired) electrons. The molecule has 0 aliphatic carbocycles. The van der Waals surface area contributed by atoms with Crippen molar-refractivity contribution >= 4 is 5.91 Å². The molecule has 25 heavy (non-hydrogen) atoms. The Morgan fingerprint density at radius 3 is 2.24 bits per heavy atom. The van der Waals surface area contributed by atoms with E-state index in [-0.39, 0.29) is 5.91 Å². The number of hydrogen-bond donors (Lipinski definition) is 0. The van der Waals surface area contributed by atoms with Gasteiger partial charge in [-0.05, 0) is 43.7 Å². The van der Waals surface area contributed by atoms with E-state index < -0.39 is 0 Å². The number of amides is 1. The first-order valence-electron chi connectivity index (χ1n) is 8.13. The van der Waals surface area contributed by atoms with E-state index in [9.17, 15) is 4.79 Å². The lowest BCUT2D eigenvalue weighted by Gasteiger charge is -2.19. The average molecular weight is 343 g/mol. The molecule has 0 unspecified atom stereocenters. The Hall–Kier alpha value is -2.69. The van der Waals surface area contributed by atoms with Crippen molar-refractivity contribution in [3.8, 4) is 17.2 Å². The van der Waals surface area contributed by atoms with Gasteiger partial charge >= 0.3 is 0 Å². The molecule has 0 saturated heterocycles. The van der Waals surface area contributed by atoms with Crippen molar-refractivity contribution in [3.05, 3.63) is 53.1 Å². The molecule has 0 saturated carbocycles. The second-order valence-electron chi connectivity index (χ2n) is 5.90. The Bertz CT molecular complexity index is 717. The van der Waals surface area contributed by atoms with Crippen molar-refractivity contribution in [1.29, 1.82) is 0 Å². The summed E-state index contributed by atoms with van der Waals surface area (Å²) in [5.74, 6) is 1.96. The van der Waals surface area contributed by atoms with Crippen molar-refractivity contribution in [3.63, 3.8) is 0 Å². The molecule has 2 aromatic rings. The summed E-state index contributed by atoms with van der Waals surface area (Å²) in [6.45, 7) is 4.81. The first-order valence-corrected chi connectivity index (χ1v) is 8.13. The van der Waals surface area contributed by atoms with Crippen LogP contribution in [0.3, 0.4) is 0 Å². The fraction of sp³-hybridized carbons (Fsp3) is 0.350. The van der Waals surface area contributed by atoms with Gasteiger partial charge in [0.15, 0.2) is 0 Å². The van der Waals surface area contributed by atoms with Crippen LogP contribution in [0.1, 0.15) is 21.5 Å². The summed E-state index contributed by atoms with van der Waals surface area (Å²) in [4.78, 5) is 14.3. The molecular weight excluding hydrogens is 318 g/mol. The van der Waals surface area contributed by atoms with Gasteiger partial charge in [-0.15, -0.1) is 0 Å². The predicted octanol–water partition coefficient (Wildman–Crippen LogP) is 3.47. The van der Waals surface area contributed by atoms with Crippen LogP contribution in [0.4, 0.5) is 0 Å². The van der Waals surface area contributed by atoms with Gasteiger partial charge in [-0.2, -0.15) is 0 Å². The highest BCUT2D eigenvalue weighted by atomic mass is 16.5. The molecule has 134 valence electrons. The van der Waals surface area contributed by atoms with E-state index in [4.69, 9.17) is 14.2 Å². The van der Waals surface area contributed by atoms with Gasteiger partial charge in [0.25, 0.3) is 5.91 Å². The number of methoxy groups -OCH3 is 2. The Kier molecular flexibility index (Phi) is 6.28. The third kappa shape index (κ3) is 4.66. The largest absolute Gasteiger partial charge is 0.496 e. The van der Waals surface area contributed by atoms with Gasteiger partial charge in [-0.1, -0.05) is 12.1 Å². The highest BCUT2D eigenvalue weighted by Gasteiger charge is 2.16. The standard InChI is InChI=1S/C20H25NO4/c1-14-7-6-8-17(11-14)25-10-9-21(3)20(22)16-12-18(23-4)15(2)19(13-16)24-5/h6-8,11-13H,9-10H2,1-5H3. The normalized spacial score (nSPS) is 10.3. The number of rotatable bonds is 7. The van der Waals surface area contributed by atoms with Crippen molar-refractivity contribution < 1.29 is 19.0 Å². The molecule has 1 amide bonds. The van der Waals surface area contributed by atoms with E-state index in [0.29, 0.717) is 30.2 Å². The minimum atomic E-state index is -0.107. The molecule has 0 fully saturated rings. The van der Waals surface area contributed by atoms with Crippen molar-refractivity contribution in [2.45, 2.75) is 13.8 Å². The van der Waals surface area contributed by atoms with Gasteiger partial charge in [0, 0.05) is 18.2 Å². The van der Waals surface area contributed by atoms with E-state index in [2.05, 4.69) is 0 Å². The second-order valence-corrected chi connectivity index (χ2v) is 5.90. The third-order valence-corrected chi connectivity index (χ3v) is 4.03. The highest BCUT2D eigenvalue weighted by Crippen LogP contribution is 2.29. The number of carbonyl (C=O) groups excluding carboxylic acids is 1. The molecule has 0 heterocycles. The van der Waals surface area contributed by atoms with E-state index in [1.807, 2.05) is 38.1 Å². The molecule has 2 aromatic carbocycles. The number of hydrogen-bond acceptors (Lipinski definition) is 4. The number of ether oxygens (including phenoxy) is 3. The highest BCUT2D eigenvalue weighted by molar-refractivity contribution is 5.95. The molecule has 2 rings (SSSR count). The zero-order valence-electron chi connectivity index (χ0n) is 15.5. The van der Waals surface area contributed by atoms with Crippen molar-refractivity contribution in [1.82, 2.24) is 4.90 Å². The number of nitrogens with zero attached hydrogens (tertiary/aromatic N) is 1. The summed E-state index contributed by atoms with van der Waals surface area (Å²) in [5.41, 5.74) is 2.53. The summed E-state index contributed by atoms with van der Waals surface area (Å²) in [7, 11) is 4.91. The lowest BCUT2D eigenvalue weighted by Crippen LogP contribution is -2.31. The van der Waals surface area contributed by atoms with Gasteiger partial charge in [-0.25, -0.2) is 0 Å². The van der Waals surface area contributed by atoms with Gasteiger partial charge in [-0.3, -0.25) is 4.79 Å². The maximum atomic E-state index is 12.6. The fourth-order valence-electron chi connectivity index (χ4n) is 2.54. The average Bonchev–Trinajstić information content (AvgIpc) is 2.61. The van der Waals surface area contributed by atoms with Crippen LogP contribution in [0.2, 0.25) is 0 Å². The smallest absolute Gasteiger partial charge is 0.253 e. The van der Waals surface area contributed by atoms with E-state index >= 15 is 0 Å². The summed E-state index contributed by atoms with van der Waals surface area (Å²) in [5, 5.41) is 0. The molecule has 0 aliphatic heterocycles. The Labute approximate surface area is 149 Å². The maximum Gasteiger partial charge on any atom is 0.253 e. The Morgan fingerprint density at radius 1 is 1.04 bits per heavy atom. The molecule has 5 nitrogen and oxygen atoms in total. The number of likely N-dealkylation sites (N-methyl/N-ethyl adjacent to an activating group) is 1. The molecule has 0 aromatic heterocycles. The van der Waals surface area contributed by atoms with Gasteiger partial charge < -0.3 is 19.1 Å². The predicted molar refractivity (Wildman–Crippen MR) is 97.9 cm³/mol. The van der Waals surface area contributed by atoms with Gasteiger partial charge in [0.2, 0.25) is 0 Å².